The van der Waals surface area contributed by atoms with Gasteiger partial charge in [0.05, 0.1) is 11.0 Å². The highest BCUT2D eigenvalue weighted by Gasteiger charge is 2.17. The largest absolute Gasteiger partial charge is 0.379 e. The van der Waals surface area contributed by atoms with Crippen LogP contribution in [0.2, 0.25) is 5.02 Å². The number of halogens is 1. The minimum atomic E-state index is -3.99. The Kier molecular flexibility index (Phi) is 3.23. The summed E-state index contributed by atoms with van der Waals surface area (Å²) >= 11 is 5.73. The van der Waals surface area contributed by atoms with E-state index in [-0.39, 0.29) is 10.6 Å². The SMILES string of the molecule is O=c1[nH]c2ccc(S(=O)(=O)Oc3ccc(Cl)cc3)cc2[nH]1. The van der Waals surface area contributed by atoms with E-state index < -0.39 is 15.8 Å². The quantitative estimate of drug-likeness (QED) is 0.723. The van der Waals surface area contributed by atoms with Gasteiger partial charge in [-0.1, -0.05) is 11.6 Å². The van der Waals surface area contributed by atoms with Gasteiger partial charge in [0.1, 0.15) is 10.6 Å². The molecule has 0 aliphatic rings. The van der Waals surface area contributed by atoms with E-state index in [2.05, 4.69) is 9.97 Å². The van der Waals surface area contributed by atoms with Gasteiger partial charge in [-0.25, -0.2) is 4.79 Å². The van der Waals surface area contributed by atoms with Gasteiger partial charge < -0.3 is 14.2 Å². The van der Waals surface area contributed by atoms with Crippen LogP contribution in [0.4, 0.5) is 0 Å². The lowest BCUT2D eigenvalue weighted by atomic mass is 10.3. The molecule has 6 nitrogen and oxygen atoms in total. The number of hydrogen-bond donors (Lipinski definition) is 2. The average molecular weight is 325 g/mol. The van der Waals surface area contributed by atoms with Crippen LogP contribution in [0.1, 0.15) is 0 Å². The van der Waals surface area contributed by atoms with Gasteiger partial charge in [-0.05, 0) is 42.5 Å². The molecule has 1 heterocycles. The molecular formula is C13H9ClN2O4S. The van der Waals surface area contributed by atoms with Gasteiger partial charge in [0.15, 0.2) is 0 Å². The Morgan fingerprint density at radius 1 is 0.952 bits per heavy atom. The third kappa shape index (κ3) is 2.79. The second kappa shape index (κ2) is 4.94. The van der Waals surface area contributed by atoms with Crippen LogP contribution in [0.3, 0.4) is 0 Å². The smallest absolute Gasteiger partial charge is 0.339 e. The number of aromatic nitrogens is 2. The molecule has 0 aliphatic carbocycles. The summed E-state index contributed by atoms with van der Waals surface area (Å²) in [6.07, 6.45) is 0. The van der Waals surface area contributed by atoms with Crippen molar-refractivity contribution in [1.29, 1.82) is 0 Å². The minimum Gasteiger partial charge on any atom is -0.379 e. The molecule has 0 fully saturated rings. The Morgan fingerprint density at radius 2 is 1.62 bits per heavy atom. The van der Waals surface area contributed by atoms with Crippen molar-refractivity contribution in [2.24, 2.45) is 0 Å². The lowest BCUT2D eigenvalue weighted by Gasteiger charge is -2.07. The summed E-state index contributed by atoms with van der Waals surface area (Å²) in [5.41, 5.74) is 0.504. The third-order valence-electron chi connectivity index (χ3n) is 2.80. The van der Waals surface area contributed by atoms with Crippen molar-refractivity contribution in [3.63, 3.8) is 0 Å². The summed E-state index contributed by atoms with van der Waals surface area (Å²) < 4.78 is 29.4. The first-order valence-electron chi connectivity index (χ1n) is 5.86. The first-order chi connectivity index (χ1) is 9.94. The van der Waals surface area contributed by atoms with Crippen LogP contribution in [-0.4, -0.2) is 18.4 Å². The zero-order valence-electron chi connectivity index (χ0n) is 10.5. The standard InChI is InChI=1S/C13H9ClN2O4S/c14-8-1-3-9(4-2-8)20-21(18,19)10-5-6-11-12(7-10)16-13(17)15-11/h1-7H,(H2,15,16,17). The highest BCUT2D eigenvalue weighted by atomic mass is 35.5. The highest BCUT2D eigenvalue weighted by Crippen LogP contribution is 2.22. The molecule has 0 bridgehead atoms. The Bertz CT molecular complexity index is 958. The molecule has 2 aromatic carbocycles. The van der Waals surface area contributed by atoms with Gasteiger partial charge in [0.25, 0.3) is 0 Å². The van der Waals surface area contributed by atoms with E-state index in [1.807, 2.05) is 0 Å². The molecule has 0 saturated heterocycles. The van der Waals surface area contributed by atoms with Crippen LogP contribution in [-0.2, 0) is 10.1 Å². The fourth-order valence-corrected chi connectivity index (χ4v) is 2.92. The molecule has 8 heteroatoms. The summed E-state index contributed by atoms with van der Waals surface area (Å²) in [6, 6.07) is 10.1. The van der Waals surface area contributed by atoms with E-state index in [1.165, 1.54) is 42.5 Å². The van der Waals surface area contributed by atoms with Crippen molar-refractivity contribution >= 4 is 32.8 Å². The van der Waals surface area contributed by atoms with Gasteiger partial charge in [0.2, 0.25) is 0 Å². The van der Waals surface area contributed by atoms with E-state index in [0.717, 1.165) is 0 Å². The number of H-pyrrole nitrogens is 2. The molecule has 0 spiro atoms. The predicted octanol–water partition coefficient (Wildman–Crippen LogP) is 2.28. The van der Waals surface area contributed by atoms with Crippen molar-refractivity contribution in [2.75, 3.05) is 0 Å². The van der Waals surface area contributed by atoms with Gasteiger partial charge >= 0.3 is 15.8 Å². The Labute approximate surface area is 124 Å². The van der Waals surface area contributed by atoms with E-state index in [1.54, 1.807) is 0 Å². The van der Waals surface area contributed by atoms with Crippen molar-refractivity contribution in [3.8, 4) is 5.75 Å². The van der Waals surface area contributed by atoms with Crippen LogP contribution in [0.25, 0.3) is 11.0 Å². The predicted molar refractivity (Wildman–Crippen MR) is 78.2 cm³/mol. The molecule has 0 amide bonds. The fourth-order valence-electron chi connectivity index (χ4n) is 1.83. The average Bonchev–Trinajstić information content (AvgIpc) is 2.80. The van der Waals surface area contributed by atoms with E-state index in [9.17, 15) is 13.2 Å². The van der Waals surface area contributed by atoms with Gasteiger partial charge in [-0.15, -0.1) is 0 Å². The van der Waals surface area contributed by atoms with Crippen LogP contribution in [0.5, 0.6) is 5.75 Å². The molecule has 0 unspecified atom stereocenters. The molecular weight excluding hydrogens is 316 g/mol. The molecule has 1 aromatic heterocycles. The lowest BCUT2D eigenvalue weighted by molar-refractivity contribution is 0.486. The molecule has 3 aromatic rings. The number of benzene rings is 2. The zero-order valence-corrected chi connectivity index (χ0v) is 12.0. The topological polar surface area (TPSA) is 92.0 Å². The zero-order chi connectivity index (χ0) is 15.0. The van der Waals surface area contributed by atoms with Crippen molar-refractivity contribution < 1.29 is 12.6 Å². The minimum absolute atomic E-state index is 0.0554. The number of fused-ring (bicyclic) bond motifs is 1. The van der Waals surface area contributed by atoms with Gasteiger partial charge in [0, 0.05) is 5.02 Å². The second-order valence-corrected chi connectivity index (χ2v) is 6.26. The Morgan fingerprint density at radius 3 is 2.33 bits per heavy atom. The van der Waals surface area contributed by atoms with E-state index >= 15 is 0 Å². The summed E-state index contributed by atoms with van der Waals surface area (Å²) in [6.45, 7) is 0. The number of aromatic amines is 2. The maximum absolute atomic E-state index is 12.2. The monoisotopic (exact) mass is 324 g/mol. The molecule has 21 heavy (non-hydrogen) atoms. The highest BCUT2D eigenvalue weighted by molar-refractivity contribution is 7.87. The van der Waals surface area contributed by atoms with Crippen LogP contribution in [0, 0.1) is 0 Å². The Balaban J connectivity index is 1.99. The molecule has 108 valence electrons. The molecule has 0 radical (unpaired) electrons. The molecule has 0 atom stereocenters. The number of nitrogens with one attached hydrogen (secondary N) is 2. The van der Waals surface area contributed by atoms with Crippen molar-refractivity contribution in [1.82, 2.24) is 9.97 Å². The van der Waals surface area contributed by atoms with Crippen LogP contribution < -0.4 is 9.87 Å². The van der Waals surface area contributed by atoms with Gasteiger partial charge in [-0.2, -0.15) is 8.42 Å². The number of hydrogen-bond acceptors (Lipinski definition) is 4. The fraction of sp³-hybridized carbons (Fsp3) is 0. The Hall–Kier alpha value is -2.25. The maximum atomic E-state index is 12.2. The third-order valence-corrected chi connectivity index (χ3v) is 4.29. The molecule has 2 N–H and O–H groups in total. The van der Waals surface area contributed by atoms with Gasteiger partial charge in [-0.3, -0.25) is 0 Å². The summed E-state index contributed by atoms with van der Waals surface area (Å²) in [4.78, 5) is 16.1. The summed E-state index contributed by atoms with van der Waals surface area (Å²) in [7, 11) is -3.99. The summed E-state index contributed by atoms with van der Waals surface area (Å²) in [5.74, 6) is 0.155. The van der Waals surface area contributed by atoms with Crippen molar-refractivity contribution in [2.45, 2.75) is 4.90 Å². The normalized spacial score (nSPS) is 11.7. The first-order valence-corrected chi connectivity index (χ1v) is 7.65. The molecule has 0 aliphatic heterocycles. The van der Waals surface area contributed by atoms with Crippen molar-refractivity contribution in [3.05, 3.63) is 58.0 Å². The molecule has 3 rings (SSSR count). The number of imidazole rings is 1. The van der Waals surface area contributed by atoms with Crippen LogP contribution in [0.15, 0.2) is 52.2 Å². The first kappa shape index (κ1) is 13.7. The lowest BCUT2D eigenvalue weighted by Crippen LogP contribution is -2.09. The van der Waals surface area contributed by atoms with E-state index in [4.69, 9.17) is 15.8 Å². The second-order valence-electron chi connectivity index (χ2n) is 4.28. The number of rotatable bonds is 3. The maximum Gasteiger partial charge on any atom is 0.339 e. The van der Waals surface area contributed by atoms with E-state index in [0.29, 0.717) is 16.1 Å². The molecule has 0 saturated carbocycles. The van der Waals surface area contributed by atoms with Crippen LogP contribution >= 0.6 is 11.6 Å². The summed E-state index contributed by atoms with van der Waals surface area (Å²) in [5, 5.41) is 0.478.